The largest absolute Gasteiger partial charge is 0.460 e. The third-order valence-electron chi connectivity index (χ3n) is 4.69. The number of carbonyl (C=O) groups excluding carboxylic acids is 2. The van der Waals surface area contributed by atoms with E-state index in [1.165, 1.54) is 35.2 Å². The van der Waals surface area contributed by atoms with Crippen LogP contribution in [0.1, 0.15) is 27.8 Å². The molecule has 0 aliphatic carbocycles. The number of sulfone groups is 1. The van der Waals surface area contributed by atoms with Crippen molar-refractivity contribution in [2.24, 2.45) is 0 Å². The van der Waals surface area contributed by atoms with E-state index < -0.39 is 36.8 Å². The highest BCUT2D eigenvalue weighted by molar-refractivity contribution is 7.90. The average Bonchev–Trinajstić information content (AvgIpc) is 3.24. The van der Waals surface area contributed by atoms with E-state index in [0.29, 0.717) is 0 Å². The summed E-state index contributed by atoms with van der Waals surface area (Å²) in [6.45, 7) is 1.87. The number of piperazine rings is 1. The van der Waals surface area contributed by atoms with Gasteiger partial charge in [-0.15, -0.1) is 0 Å². The first-order valence-corrected chi connectivity index (χ1v) is 12.7. The van der Waals surface area contributed by atoms with Crippen molar-refractivity contribution in [2.75, 3.05) is 39.0 Å². The van der Waals surface area contributed by atoms with Crippen LogP contribution in [0, 0.1) is 0 Å². The molecule has 1 aliphatic heterocycles. The fourth-order valence-corrected chi connectivity index (χ4v) is 5.38. The van der Waals surface area contributed by atoms with Gasteiger partial charge in [-0.05, 0) is 31.2 Å². The Morgan fingerprint density at radius 3 is 2.26 bits per heavy atom. The number of furan rings is 1. The summed E-state index contributed by atoms with van der Waals surface area (Å²) in [5, 5.41) is -0.391. The lowest BCUT2D eigenvalue weighted by atomic mass is 10.2. The summed E-state index contributed by atoms with van der Waals surface area (Å²) < 4.78 is 60.7. The molecule has 1 aliphatic rings. The smallest absolute Gasteiger partial charge is 0.374 e. The highest BCUT2D eigenvalue weighted by Crippen LogP contribution is 2.23. The van der Waals surface area contributed by atoms with Gasteiger partial charge in [0.1, 0.15) is 0 Å². The maximum absolute atomic E-state index is 12.9. The number of rotatable bonds is 6. The minimum absolute atomic E-state index is 0.00937. The van der Waals surface area contributed by atoms with E-state index in [4.69, 9.17) is 9.15 Å². The summed E-state index contributed by atoms with van der Waals surface area (Å²) in [6.07, 6.45) is 1.03. The SMILES string of the molecule is CCOC(=O)c1ccc(S(=O)(=O)N2CCN(C(=O)c3ccccc3S(C)(=O)=O)CC2)o1. The number of carbonyl (C=O) groups is 2. The van der Waals surface area contributed by atoms with E-state index in [2.05, 4.69) is 0 Å². The van der Waals surface area contributed by atoms with Crippen molar-refractivity contribution >= 4 is 31.7 Å². The molecule has 1 aromatic heterocycles. The van der Waals surface area contributed by atoms with Gasteiger partial charge in [0.2, 0.25) is 10.9 Å². The molecule has 0 N–H and O–H groups in total. The monoisotopic (exact) mass is 470 g/mol. The van der Waals surface area contributed by atoms with Crippen molar-refractivity contribution in [3.05, 3.63) is 47.7 Å². The number of sulfonamides is 1. The van der Waals surface area contributed by atoms with E-state index in [1.807, 2.05) is 0 Å². The topological polar surface area (TPSA) is 131 Å². The van der Waals surface area contributed by atoms with Crippen molar-refractivity contribution in [2.45, 2.75) is 16.9 Å². The van der Waals surface area contributed by atoms with E-state index in [-0.39, 0.29) is 49.0 Å². The fourth-order valence-electron chi connectivity index (χ4n) is 3.17. The highest BCUT2D eigenvalue weighted by Gasteiger charge is 2.34. The average molecular weight is 471 g/mol. The molecular weight excluding hydrogens is 448 g/mol. The van der Waals surface area contributed by atoms with Crippen molar-refractivity contribution in [3.63, 3.8) is 0 Å². The van der Waals surface area contributed by atoms with Crippen LogP contribution in [0.3, 0.4) is 0 Å². The van der Waals surface area contributed by atoms with Gasteiger partial charge in [-0.3, -0.25) is 4.79 Å². The number of amides is 1. The zero-order chi connectivity index (χ0) is 22.8. The van der Waals surface area contributed by atoms with Gasteiger partial charge in [-0.25, -0.2) is 21.6 Å². The van der Waals surface area contributed by atoms with E-state index in [9.17, 15) is 26.4 Å². The Labute approximate surface area is 180 Å². The quantitative estimate of drug-likeness (QED) is 0.572. The minimum atomic E-state index is -4.01. The second-order valence-electron chi connectivity index (χ2n) is 6.80. The molecule has 1 fully saturated rings. The fraction of sp³-hybridized carbons (Fsp3) is 0.368. The molecule has 2 aromatic rings. The molecule has 10 nitrogen and oxygen atoms in total. The Morgan fingerprint density at radius 2 is 1.65 bits per heavy atom. The van der Waals surface area contributed by atoms with Gasteiger partial charge in [0, 0.05) is 32.4 Å². The van der Waals surface area contributed by atoms with Crippen LogP contribution in [0.15, 0.2) is 50.8 Å². The third kappa shape index (κ3) is 4.81. The first-order valence-electron chi connectivity index (χ1n) is 9.41. The van der Waals surface area contributed by atoms with Crippen LogP contribution in [0.2, 0.25) is 0 Å². The van der Waals surface area contributed by atoms with Gasteiger partial charge in [0.05, 0.1) is 17.1 Å². The number of benzene rings is 1. The van der Waals surface area contributed by atoms with Gasteiger partial charge >= 0.3 is 5.97 Å². The molecular formula is C19H22N2O8S2. The molecule has 0 radical (unpaired) electrons. The standard InChI is InChI=1S/C19H22N2O8S2/c1-3-28-19(23)15-8-9-17(29-15)31(26,27)21-12-10-20(11-13-21)18(22)14-6-4-5-7-16(14)30(2,24)25/h4-9H,3,10-13H2,1-2H3. The summed E-state index contributed by atoms with van der Waals surface area (Å²) >= 11 is 0. The molecule has 2 heterocycles. The van der Waals surface area contributed by atoms with Crippen molar-refractivity contribution in [1.29, 1.82) is 0 Å². The molecule has 31 heavy (non-hydrogen) atoms. The first-order chi connectivity index (χ1) is 14.6. The van der Waals surface area contributed by atoms with Crippen LogP contribution in [-0.4, -0.2) is 77.0 Å². The lowest BCUT2D eigenvalue weighted by Gasteiger charge is -2.33. The van der Waals surface area contributed by atoms with Crippen LogP contribution in [0.4, 0.5) is 0 Å². The van der Waals surface area contributed by atoms with Gasteiger partial charge in [0.15, 0.2) is 9.84 Å². The Kier molecular flexibility index (Phi) is 6.53. The number of ether oxygens (including phenoxy) is 1. The second-order valence-corrected chi connectivity index (χ2v) is 10.7. The molecule has 3 rings (SSSR count). The number of esters is 1. The molecule has 168 valence electrons. The predicted octanol–water partition coefficient (Wildman–Crippen LogP) is 1.01. The molecule has 0 saturated carbocycles. The molecule has 0 bridgehead atoms. The molecule has 1 amide bonds. The Hall–Kier alpha value is -2.70. The summed E-state index contributed by atoms with van der Waals surface area (Å²) in [5.74, 6) is -1.46. The maximum atomic E-state index is 12.9. The molecule has 0 unspecified atom stereocenters. The summed E-state index contributed by atoms with van der Waals surface area (Å²) in [4.78, 5) is 25.9. The Morgan fingerprint density at radius 1 is 1.00 bits per heavy atom. The zero-order valence-electron chi connectivity index (χ0n) is 17.0. The number of nitrogens with zero attached hydrogens (tertiary/aromatic N) is 2. The molecule has 12 heteroatoms. The zero-order valence-corrected chi connectivity index (χ0v) is 18.6. The van der Waals surface area contributed by atoms with E-state index in [0.717, 1.165) is 10.6 Å². The molecule has 1 saturated heterocycles. The van der Waals surface area contributed by atoms with Gasteiger partial charge in [0.25, 0.3) is 15.9 Å². The lowest BCUT2D eigenvalue weighted by molar-refractivity contribution is 0.0483. The summed E-state index contributed by atoms with van der Waals surface area (Å²) in [5.41, 5.74) is 0.0476. The van der Waals surface area contributed by atoms with Crippen LogP contribution >= 0.6 is 0 Å². The van der Waals surface area contributed by atoms with E-state index >= 15 is 0 Å². The molecule has 1 aromatic carbocycles. The third-order valence-corrected chi connectivity index (χ3v) is 7.62. The van der Waals surface area contributed by atoms with E-state index in [1.54, 1.807) is 13.0 Å². The molecule has 0 atom stereocenters. The molecule has 0 spiro atoms. The Balaban J connectivity index is 1.72. The number of hydrogen-bond acceptors (Lipinski definition) is 8. The van der Waals surface area contributed by atoms with Crippen molar-refractivity contribution in [3.8, 4) is 0 Å². The van der Waals surface area contributed by atoms with Gasteiger partial charge < -0.3 is 14.1 Å². The second kappa shape index (κ2) is 8.81. The van der Waals surface area contributed by atoms with Crippen LogP contribution in [-0.2, 0) is 24.6 Å². The van der Waals surface area contributed by atoms with Crippen molar-refractivity contribution < 1.29 is 35.6 Å². The maximum Gasteiger partial charge on any atom is 0.374 e. The van der Waals surface area contributed by atoms with Crippen LogP contribution in [0.25, 0.3) is 0 Å². The van der Waals surface area contributed by atoms with Crippen LogP contribution in [0.5, 0.6) is 0 Å². The Bertz CT molecular complexity index is 1190. The van der Waals surface area contributed by atoms with Gasteiger partial charge in [-0.2, -0.15) is 4.31 Å². The highest BCUT2D eigenvalue weighted by atomic mass is 32.2. The minimum Gasteiger partial charge on any atom is -0.460 e. The first kappa shape index (κ1) is 23.0. The number of hydrogen-bond donors (Lipinski definition) is 0. The van der Waals surface area contributed by atoms with Crippen molar-refractivity contribution in [1.82, 2.24) is 9.21 Å². The van der Waals surface area contributed by atoms with Crippen LogP contribution < -0.4 is 0 Å². The predicted molar refractivity (Wildman–Crippen MR) is 109 cm³/mol. The van der Waals surface area contributed by atoms with Gasteiger partial charge in [-0.1, -0.05) is 12.1 Å². The lowest BCUT2D eigenvalue weighted by Crippen LogP contribution is -2.50. The summed E-state index contributed by atoms with van der Waals surface area (Å²) in [6, 6.07) is 8.31. The normalized spacial score (nSPS) is 15.6. The summed E-state index contributed by atoms with van der Waals surface area (Å²) in [7, 11) is -7.61.